The van der Waals surface area contributed by atoms with Gasteiger partial charge in [-0.1, -0.05) is 64.5 Å². The molecule has 5 heteroatoms. The molecule has 6 aromatic rings. The number of fused-ring (bicyclic) bond motifs is 4. The van der Waals surface area contributed by atoms with Gasteiger partial charge in [-0.05, 0) is 36.4 Å². The summed E-state index contributed by atoms with van der Waals surface area (Å²) in [4.78, 5) is 14.6. The summed E-state index contributed by atoms with van der Waals surface area (Å²) in [7, 11) is 0. The van der Waals surface area contributed by atoms with Gasteiger partial charge in [-0.15, -0.1) is 0 Å². The molecule has 0 aliphatic rings. The standard InChI is InChI=1S/C25H15BrN4/c26-17-12-13-21-19(15-17)24-22(11-6-14-27-24)30(21)25-28-20-10-5-4-9-18(20)23(29-25)16-7-2-1-3-8-16/h1-15H. The second kappa shape index (κ2) is 6.75. The molecule has 142 valence electrons. The zero-order valence-corrected chi connectivity index (χ0v) is 17.4. The second-order valence-corrected chi connectivity index (χ2v) is 8.04. The minimum Gasteiger partial charge on any atom is -0.276 e. The number of rotatable bonds is 2. The molecular formula is C25H15BrN4. The second-order valence-electron chi connectivity index (χ2n) is 7.12. The van der Waals surface area contributed by atoms with Crippen LogP contribution >= 0.6 is 15.9 Å². The van der Waals surface area contributed by atoms with Crippen LogP contribution in [0.4, 0.5) is 0 Å². The molecule has 0 saturated carbocycles. The molecule has 0 spiro atoms. The molecule has 6 rings (SSSR count). The summed E-state index contributed by atoms with van der Waals surface area (Å²) in [5, 5.41) is 2.10. The van der Waals surface area contributed by atoms with Crippen molar-refractivity contribution in [3.05, 3.63) is 95.6 Å². The maximum atomic E-state index is 5.05. The average Bonchev–Trinajstić information content (AvgIpc) is 3.12. The summed E-state index contributed by atoms with van der Waals surface area (Å²) >= 11 is 3.59. The summed E-state index contributed by atoms with van der Waals surface area (Å²) in [6.07, 6.45) is 1.82. The van der Waals surface area contributed by atoms with Gasteiger partial charge in [0, 0.05) is 27.0 Å². The first kappa shape index (κ1) is 17.3. The van der Waals surface area contributed by atoms with Gasteiger partial charge in [0.25, 0.3) is 0 Å². The molecule has 4 nitrogen and oxygen atoms in total. The van der Waals surface area contributed by atoms with E-state index in [9.17, 15) is 0 Å². The van der Waals surface area contributed by atoms with Gasteiger partial charge >= 0.3 is 0 Å². The molecule has 0 unspecified atom stereocenters. The Morgan fingerprint density at radius 3 is 2.43 bits per heavy atom. The van der Waals surface area contributed by atoms with Crippen LogP contribution in [0.5, 0.6) is 0 Å². The SMILES string of the molecule is Brc1ccc2c(c1)c1ncccc1n2-c1nc(-c2ccccc2)c2ccccc2n1. The van der Waals surface area contributed by atoms with E-state index in [2.05, 4.69) is 61.9 Å². The monoisotopic (exact) mass is 450 g/mol. The highest BCUT2D eigenvalue weighted by atomic mass is 79.9. The fraction of sp³-hybridized carbons (Fsp3) is 0. The first-order valence-electron chi connectivity index (χ1n) is 9.67. The van der Waals surface area contributed by atoms with Crippen LogP contribution in [0.1, 0.15) is 0 Å². The van der Waals surface area contributed by atoms with Gasteiger partial charge in [-0.2, -0.15) is 0 Å². The van der Waals surface area contributed by atoms with E-state index in [0.29, 0.717) is 5.95 Å². The zero-order valence-electron chi connectivity index (χ0n) is 15.8. The lowest BCUT2D eigenvalue weighted by Gasteiger charge is -2.11. The molecule has 0 bridgehead atoms. The molecule has 0 N–H and O–H groups in total. The number of nitrogens with zero attached hydrogens (tertiary/aromatic N) is 4. The summed E-state index contributed by atoms with van der Waals surface area (Å²) in [6.45, 7) is 0. The first-order chi connectivity index (χ1) is 14.8. The van der Waals surface area contributed by atoms with Crippen molar-refractivity contribution in [1.82, 2.24) is 19.5 Å². The molecule has 0 amide bonds. The van der Waals surface area contributed by atoms with Crippen LogP contribution in [0.3, 0.4) is 0 Å². The Kier molecular flexibility index (Phi) is 3.89. The maximum Gasteiger partial charge on any atom is 0.235 e. The molecule has 0 radical (unpaired) electrons. The van der Waals surface area contributed by atoms with Gasteiger partial charge in [0.05, 0.1) is 27.8 Å². The van der Waals surface area contributed by atoms with Gasteiger partial charge in [-0.3, -0.25) is 9.55 Å². The minimum absolute atomic E-state index is 0.642. The van der Waals surface area contributed by atoms with Gasteiger partial charge in [0.15, 0.2) is 0 Å². The van der Waals surface area contributed by atoms with Crippen molar-refractivity contribution < 1.29 is 0 Å². The summed E-state index contributed by atoms with van der Waals surface area (Å²) in [6, 6.07) is 28.7. The highest BCUT2D eigenvalue weighted by Crippen LogP contribution is 2.33. The summed E-state index contributed by atoms with van der Waals surface area (Å²) in [5.41, 5.74) is 5.86. The van der Waals surface area contributed by atoms with Crippen molar-refractivity contribution in [2.45, 2.75) is 0 Å². The highest BCUT2D eigenvalue weighted by molar-refractivity contribution is 9.10. The lowest BCUT2D eigenvalue weighted by Crippen LogP contribution is -2.03. The van der Waals surface area contributed by atoms with Crippen molar-refractivity contribution in [3.8, 4) is 17.2 Å². The Hall–Kier alpha value is -3.57. The molecule has 0 aliphatic heterocycles. The predicted molar refractivity (Wildman–Crippen MR) is 125 cm³/mol. The number of pyridine rings is 1. The lowest BCUT2D eigenvalue weighted by molar-refractivity contribution is 1.01. The molecule has 3 heterocycles. The van der Waals surface area contributed by atoms with Crippen LogP contribution in [0.2, 0.25) is 0 Å². The quantitative estimate of drug-likeness (QED) is 0.300. The highest BCUT2D eigenvalue weighted by Gasteiger charge is 2.17. The molecule has 3 aromatic carbocycles. The Balaban J connectivity index is 1.75. The van der Waals surface area contributed by atoms with E-state index in [-0.39, 0.29) is 0 Å². The van der Waals surface area contributed by atoms with Crippen molar-refractivity contribution >= 4 is 48.8 Å². The number of para-hydroxylation sites is 1. The van der Waals surface area contributed by atoms with Crippen molar-refractivity contribution in [1.29, 1.82) is 0 Å². The van der Waals surface area contributed by atoms with E-state index < -0.39 is 0 Å². The number of hydrogen-bond acceptors (Lipinski definition) is 3. The lowest BCUT2D eigenvalue weighted by atomic mass is 10.1. The molecular weight excluding hydrogens is 436 g/mol. The summed E-state index contributed by atoms with van der Waals surface area (Å²) < 4.78 is 3.12. The van der Waals surface area contributed by atoms with Crippen molar-refractivity contribution in [2.75, 3.05) is 0 Å². The number of halogens is 1. The van der Waals surface area contributed by atoms with Crippen LogP contribution in [-0.4, -0.2) is 19.5 Å². The van der Waals surface area contributed by atoms with Crippen LogP contribution in [0.25, 0.3) is 50.0 Å². The third-order valence-corrected chi connectivity index (χ3v) is 5.81. The van der Waals surface area contributed by atoms with E-state index >= 15 is 0 Å². The first-order valence-corrected chi connectivity index (χ1v) is 10.5. The molecule has 0 fully saturated rings. The van der Waals surface area contributed by atoms with E-state index in [1.54, 1.807) is 0 Å². The van der Waals surface area contributed by atoms with Crippen molar-refractivity contribution in [2.24, 2.45) is 0 Å². The molecule has 3 aromatic heterocycles. The van der Waals surface area contributed by atoms with E-state index in [1.165, 1.54) is 0 Å². The Morgan fingerprint density at radius 2 is 1.53 bits per heavy atom. The molecule has 0 aliphatic carbocycles. The molecule has 30 heavy (non-hydrogen) atoms. The van der Waals surface area contributed by atoms with E-state index in [4.69, 9.17) is 9.97 Å². The van der Waals surface area contributed by atoms with Crippen LogP contribution < -0.4 is 0 Å². The fourth-order valence-corrected chi connectivity index (χ4v) is 4.36. The third kappa shape index (κ3) is 2.63. The molecule has 0 saturated heterocycles. The van der Waals surface area contributed by atoms with Gasteiger partial charge in [0.1, 0.15) is 0 Å². The predicted octanol–water partition coefficient (Wildman–Crippen LogP) is 6.55. The summed E-state index contributed by atoms with van der Waals surface area (Å²) in [5.74, 6) is 0.642. The van der Waals surface area contributed by atoms with Gasteiger partial charge in [-0.25, -0.2) is 9.97 Å². The largest absolute Gasteiger partial charge is 0.276 e. The Bertz CT molecular complexity index is 1550. The van der Waals surface area contributed by atoms with E-state index in [1.807, 2.05) is 54.7 Å². The van der Waals surface area contributed by atoms with Crippen LogP contribution in [0, 0.1) is 0 Å². The van der Waals surface area contributed by atoms with Gasteiger partial charge in [0.2, 0.25) is 5.95 Å². The normalized spacial score (nSPS) is 11.5. The minimum atomic E-state index is 0.642. The number of hydrogen-bond donors (Lipinski definition) is 0. The number of aromatic nitrogens is 4. The zero-order chi connectivity index (χ0) is 20.1. The molecule has 0 atom stereocenters. The Morgan fingerprint density at radius 1 is 0.700 bits per heavy atom. The fourth-order valence-electron chi connectivity index (χ4n) is 4.00. The van der Waals surface area contributed by atoms with Crippen LogP contribution in [-0.2, 0) is 0 Å². The number of benzene rings is 3. The Labute approximate surface area is 181 Å². The topological polar surface area (TPSA) is 43.6 Å². The van der Waals surface area contributed by atoms with Crippen LogP contribution in [0.15, 0.2) is 95.6 Å². The average molecular weight is 451 g/mol. The smallest absolute Gasteiger partial charge is 0.235 e. The van der Waals surface area contributed by atoms with E-state index in [0.717, 1.165) is 48.6 Å². The third-order valence-electron chi connectivity index (χ3n) is 5.32. The van der Waals surface area contributed by atoms with Crippen molar-refractivity contribution in [3.63, 3.8) is 0 Å². The maximum absolute atomic E-state index is 5.05. The van der Waals surface area contributed by atoms with Gasteiger partial charge < -0.3 is 0 Å².